The van der Waals surface area contributed by atoms with Crippen LogP contribution < -0.4 is 5.46 Å². The molecule has 7 rings (SSSR count). The molecule has 6 aromatic rings. The Bertz CT molecular complexity index is 1830. The molecule has 0 N–H and O–H groups in total. The third-order valence-corrected chi connectivity index (χ3v) is 9.33. The van der Waals surface area contributed by atoms with Crippen LogP contribution in [-0.4, -0.2) is 28.3 Å². The highest BCUT2D eigenvalue weighted by molar-refractivity contribution is 7.26. The minimum Gasteiger partial charge on any atom is -0.399 e. The molecule has 1 aliphatic heterocycles. The van der Waals surface area contributed by atoms with Crippen LogP contribution in [0.15, 0.2) is 103 Å². The Kier molecular flexibility index (Phi) is 5.90. The zero-order valence-corrected chi connectivity index (χ0v) is 23.8. The lowest BCUT2D eigenvalue weighted by Gasteiger charge is -2.32. The zero-order chi connectivity index (χ0) is 27.5. The van der Waals surface area contributed by atoms with Crippen molar-refractivity contribution in [1.82, 2.24) is 9.97 Å². The first-order valence-electron chi connectivity index (χ1n) is 13.6. The summed E-state index contributed by atoms with van der Waals surface area (Å²) in [5, 5.41) is 1.09. The summed E-state index contributed by atoms with van der Waals surface area (Å²) in [4.78, 5) is 10.3. The summed E-state index contributed by atoms with van der Waals surface area (Å²) >= 11 is 1.73. The summed E-state index contributed by atoms with van der Waals surface area (Å²) in [7, 11) is -0.426. The Balaban J connectivity index is 1.39. The standard InChI is InChI=1S/C34H29BN2O2S/c1-33(2)34(3,4)39-35(38-33)26-19-20-28-27(21-26)30-31(40-28)29(36-32(37-30)25-13-9-6-10-14-25)24-17-15-23(16-18-24)22-11-7-5-8-12-22/h5-21H,1-4H3. The fraction of sp³-hybridized carbons (Fsp3) is 0.176. The molecule has 1 fully saturated rings. The maximum atomic E-state index is 6.37. The largest absolute Gasteiger partial charge is 0.494 e. The molecule has 0 unspecified atom stereocenters. The van der Waals surface area contributed by atoms with E-state index in [4.69, 9.17) is 19.3 Å². The van der Waals surface area contributed by atoms with Gasteiger partial charge in [-0.25, -0.2) is 9.97 Å². The fourth-order valence-electron chi connectivity index (χ4n) is 5.15. The van der Waals surface area contributed by atoms with Gasteiger partial charge >= 0.3 is 7.12 Å². The van der Waals surface area contributed by atoms with E-state index in [-0.39, 0.29) is 0 Å². The molecular formula is C34H29BN2O2S. The van der Waals surface area contributed by atoms with Gasteiger partial charge in [0.2, 0.25) is 0 Å². The monoisotopic (exact) mass is 540 g/mol. The molecule has 4 aromatic carbocycles. The predicted molar refractivity (Wildman–Crippen MR) is 167 cm³/mol. The number of thiophene rings is 1. The lowest BCUT2D eigenvalue weighted by molar-refractivity contribution is 0.00578. The van der Waals surface area contributed by atoms with Gasteiger partial charge in [0, 0.05) is 21.2 Å². The highest BCUT2D eigenvalue weighted by Gasteiger charge is 2.51. The first kappa shape index (κ1) is 25.2. The number of rotatable bonds is 4. The molecule has 0 amide bonds. The molecule has 1 aliphatic rings. The van der Waals surface area contributed by atoms with Crippen molar-refractivity contribution in [3.8, 4) is 33.8 Å². The average Bonchev–Trinajstić information content (AvgIpc) is 3.45. The van der Waals surface area contributed by atoms with Gasteiger partial charge in [0.1, 0.15) is 0 Å². The lowest BCUT2D eigenvalue weighted by atomic mass is 9.78. The molecular weight excluding hydrogens is 511 g/mol. The van der Waals surface area contributed by atoms with Crippen molar-refractivity contribution >= 4 is 44.2 Å². The summed E-state index contributed by atoms with van der Waals surface area (Å²) in [6, 6.07) is 35.8. The fourth-order valence-corrected chi connectivity index (χ4v) is 6.28. The number of benzene rings is 4. The number of aromatic nitrogens is 2. The van der Waals surface area contributed by atoms with Crippen molar-refractivity contribution in [2.75, 3.05) is 0 Å². The molecule has 3 heterocycles. The minimum atomic E-state index is -0.426. The van der Waals surface area contributed by atoms with Crippen LogP contribution in [0.1, 0.15) is 27.7 Å². The van der Waals surface area contributed by atoms with Gasteiger partial charge in [-0.15, -0.1) is 11.3 Å². The van der Waals surface area contributed by atoms with Crippen molar-refractivity contribution in [2.45, 2.75) is 38.9 Å². The van der Waals surface area contributed by atoms with Crippen molar-refractivity contribution in [3.05, 3.63) is 103 Å². The lowest BCUT2D eigenvalue weighted by Crippen LogP contribution is -2.41. The topological polar surface area (TPSA) is 44.2 Å². The molecule has 0 spiro atoms. The Morgan fingerprint density at radius 1 is 0.625 bits per heavy atom. The molecule has 196 valence electrons. The van der Waals surface area contributed by atoms with Gasteiger partial charge in [-0.2, -0.15) is 0 Å². The third kappa shape index (κ3) is 4.24. The zero-order valence-electron chi connectivity index (χ0n) is 23.0. The van der Waals surface area contributed by atoms with Gasteiger partial charge in [0.05, 0.1) is 27.1 Å². The van der Waals surface area contributed by atoms with E-state index in [1.165, 1.54) is 11.1 Å². The minimum absolute atomic E-state index is 0.398. The number of hydrogen-bond donors (Lipinski definition) is 0. The van der Waals surface area contributed by atoms with Gasteiger partial charge in [-0.3, -0.25) is 0 Å². The summed E-state index contributed by atoms with van der Waals surface area (Å²) in [5.74, 6) is 0.718. The molecule has 0 radical (unpaired) electrons. The van der Waals surface area contributed by atoms with Gasteiger partial charge in [-0.1, -0.05) is 97.1 Å². The van der Waals surface area contributed by atoms with Crippen molar-refractivity contribution in [3.63, 3.8) is 0 Å². The summed E-state index contributed by atoms with van der Waals surface area (Å²) < 4.78 is 15.0. The highest BCUT2D eigenvalue weighted by atomic mass is 32.1. The normalized spacial score (nSPS) is 16.1. The van der Waals surface area contributed by atoms with E-state index in [0.717, 1.165) is 48.4 Å². The first-order chi connectivity index (χ1) is 19.3. The highest BCUT2D eigenvalue weighted by Crippen LogP contribution is 2.41. The smallest absolute Gasteiger partial charge is 0.399 e. The van der Waals surface area contributed by atoms with Crippen molar-refractivity contribution < 1.29 is 9.31 Å². The molecule has 1 saturated heterocycles. The second-order valence-electron chi connectivity index (χ2n) is 11.3. The Labute approximate surface area is 238 Å². The predicted octanol–water partition coefficient (Wildman–Crippen LogP) is 8.14. The SMILES string of the molecule is CC1(C)OB(c2ccc3sc4c(-c5ccc(-c6ccccc6)cc5)nc(-c5ccccc5)nc4c3c2)OC1(C)C. The van der Waals surface area contributed by atoms with Crippen LogP contribution in [0.2, 0.25) is 0 Å². The van der Waals surface area contributed by atoms with Gasteiger partial charge in [0.15, 0.2) is 5.82 Å². The van der Waals surface area contributed by atoms with E-state index in [1.54, 1.807) is 11.3 Å². The number of nitrogens with zero attached hydrogens (tertiary/aromatic N) is 2. The molecule has 6 heteroatoms. The third-order valence-electron chi connectivity index (χ3n) is 8.16. The molecule has 0 atom stereocenters. The molecule has 0 aliphatic carbocycles. The first-order valence-corrected chi connectivity index (χ1v) is 14.4. The van der Waals surface area contributed by atoms with E-state index in [1.807, 2.05) is 24.3 Å². The molecule has 40 heavy (non-hydrogen) atoms. The molecule has 0 bridgehead atoms. The van der Waals surface area contributed by atoms with Crippen LogP contribution in [0.25, 0.3) is 54.1 Å². The average molecular weight is 540 g/mol. The van der Waals surface area contributed by atoms with E-state index in [0.29, 0.717) is 0 Å². The van der Waals surface area contributed by atoms with Gasteiger partial charge in [-0.05, 0) is 50.4 Å². The second kappa shape index (κ2) is 9.38. The van der Waals surface area contributed by atoms with E-state index >= 15 is 0 Å². The van der Waals surface area contributed by atoms with Gasteiger partial charge < -0.3 is 9.31 Å². The Morgan fingerprint density at radius 2 is 1.20 bits per heavy atom. The Morgan fingerprint density at radius 3 is 1.85 bits per heavy atom. The Hall–Kier alpha value is -3.84. The van der Waals surface area contributed by atoms with Crippen molar-refractivity contribution in [2.24, 2.45) is 0 Å². The van der Waals surface area contributed by atoms with E-state index < -0.39 is 18.3 Å². The van der Waals surface area contributed by atoms with Crippen LogP contribution in [0.4, 0.5) is 0 Å². The van der Waals surface area contributed by atoms with Crippen LogP contribution >= 0.6 is 11.3 Å². The maximum Gasteiger partial charge on any atom is 0.494 e. The second-order valence-corrected chi connectivity index (χ2v) is 12.4. The maximum absolute atomic E-state index is 6.37. The number of fused-ring (bicyclic) bond motifs is 3. The summed E-state index contributed by atoms with van der Waals surface area (Å²) in [6.45, 7) is 8.33. The van der Waals surface area contributed by atoms with Gasteiger partial charge in [0.25, 0.3) is 0 Å². The van der Waals surface area contributed by atoms with Crippen LogP contribution in [0, 0.1) is 0 Å². The number of hydrogen-bond acceptors (Lipinski definition) is 5. The summed E-state index contributed by atoms with van der Waals surface area (Å²) in [5.41, 5.74) is 6.55. The molecule has 2 aromatic heterocycles. The van der Waals surface area contributed by atoms with Crippen LogP contribution in [-0.2, 0) is 9.31 Å². The molecule has 4 nitrogen and oxygen atoms in total. The summed E-state index contributed by atoms with van der Waals surface area (Å²) in [6.07, 6.45) is 0. The van der Waals surface area contributed by atoms with E-state index in [9.17, 15) is 0 Å². The van der Waals surface area contributed by atoms with Crippen LogP contribution in [0.3, 0.4) is 0 Å². The van der Waals surface area contributed by atoms with E-state index in [2.05, 4.69) is 107 Å². The van der Waals surface area contributed by atoms with Crippen molar-refractivity contribution in [1.29, 1.82) is 0 Å². The quantitative estimate of drug-likeness (QED) is 0.212. The molecule has 0 saturated carbocycles. The van der Waals surface area contributed by atoms with Crippen LogP contribution in [0.5, 0.6) is 0 Å².